The predicted octanol–water partition coefficient (Wildman–Crippen LogP) is 4.84. The number of halogens is 2. The van der Waals surface area contributed by atoms with Crippen molar-refractivity contribution in [1.29, 1.82) is 0 Å². The second-order valence-electron chi connectivity index (χ2n) is 6.74. The molecule has 2 aromatic carbocycles. The molecule has 1 atom stereocenters. The van der Waals surface area contributed by atoms with Crippen LogP contribution in [0.15, 0.2) is 42.0 Å². The maximum Gasteiger partial charge on any atom is 0.295 e. The lowest BCUT2D eigenvalue weighted by Crippen LogP contribution is -2.30. The maximum atomic E-state index is 12.9. The van der Waals surface area contributed by atoms with E-state index in [2.05, 4.69) is 0 Å². The van der Waals surface area contributed by atoms with Crippen molar-refractivity contribution in [1.82, 2.24) is 4.90 Å². The molecule has 0 bridgehead atoms. The zero-order chi connectivity index (χ0) is 22.0. The molecule has 1 heterocycles. The van der Waals surface area contributed by atoms with Gasteiger partial charge in [0, 0.05) is 12.1 Å². The van der Waals surface area contributed by atoms with Crippen LogP contribution in [-0.4, -0.2) is 42.5 Å². The Balaban J connectivity index is 2.23. The standard InChI is InChI=1S/C22H21Cl2NO5/c1-4-8-25-18(12-6-5-7-14(9-12)29-2)17(20(27)22(25)28)19(26)13-10-15(23)21(30-3)16(24)11-13/h5-7,9-11,18,26H,4,8H2,1-3H3/b19-17+. The van der Waals surface area contributed by atoms with Gasteiger partial charge in [-0.25, -0.2) is 0 Å². The Bertz CT molecular complexity index is 1010. The van der Waals surface area contributed by atoms with Crippen LogP contribution in [-0.2, 0) is 9.59 Å². The first-order valence-corrected chi connectivity index (χ1v) is 10.0. The highest BCUT2D eigenvalue weighted by Crippen LogP contribution is 2.42. The molecule has 1 unspecified atom stereocenters. The van der Waals surface area contributed by atoms with E-state index in [9.17, 15) is 14.7 Å². The lowest BCUT2D eigenvalue weighted by molar-refractivity contribution is -0.139. The summed E-state index contributed by atoms with van der Waals surface area (Å²) in [6, 6.07) is 9.16. The maximum absolute atomic E-state index is 12.9. The van der Waals surface area contributed by atoms with Gasteiger partial charge in [-0.3, -0.25) is 9.59 Å². The van der Waals surface area contributed by atoms with Gasteiger partial charge < -0.3 is 19.5 Å². The number of amides is 1. The molecule has 0 aliphatic carbocycles. The lowest BCUT2D eigenvalue weighted by Gasteiger charge is -2.25. The molecule has 0 spiro atoms. The summed E-state index contributed by atoms with van der Waals surface area (Å²) in [5.74, 6) is -0.962. The minimum absolute atomic E-state index is 0.0287. The molecule has 1 aliphatic heterocycles. The summed E-state index contributed by atoms with van der Waals surface area (Å²) in [5, 5.41) is 11.4. The number of ketones is 1. The number of hydrogen-bond acceptors (Lipinski definition) is 5. The van der Waals surface area contributed by atoms with Gasteiger partial charge in [0.25, 0.3) is 11.7 Å². The number of nitrogens with zero attached hydrogens (tertiary/aromatic N) is 1. The summed E-state index contributed by atoms with van der Waals surface area (Å²) < 4.78 is 10.4. The molecule has 3 rings (SSSR count). The number of hydrogen-bond donors (Lipinski definition) is 1. The van der Waals surface area contributed by atoms with Gasteiger partial charge in [-0.1, -0.05) is 42.3 Å². The summed E-state index contributed by atoms with van der Waals surface area (Å²) in [6.07, 6.45) is 0.647. The molecule has 1 amide bonds. The lowest BCUT2D eigenvalue weighted by atomic mass is 9.95. The second kappa shape index (κ2) is 8.98. The van der Waals surface area contributed by atoms with E-state index in [4.69, 9.17) is 32.7 Å². The number of aliphatic hydroxyl groups is 1. The van der Waals surface area contributed by atoms with Crippen LogP contribution < -0.4 is 9.47 Å². The number of carbonyl (C=O) groups excluding carboxylic acids is 2. The minimum Gasteiger partial charge on any atom is -0.507 e. The van der Waals surface area contributed by atoms with E-state index in [1.807, 2.05) is 6.92 Å². The average Bonchev–Trinajstić information content (AvgIpc) is 2.98. The van der Waals surface area contributed by atoms with Gasteiger partial charge in [0.1, 0.15) is 11.5 Å². The quantitative estimate of drug-likeness (QED) is 0.387. The van der Waals surface area contributed by atoms with Gasteiger partial charge in [0.2, 0.25) is 0 Å². The molecule has 1 aliphatic rings. The molecular formula is C22H21Cl2NO5. The first kappa shape index (κ1) is 22.0. The van der Waals surface area contributed by atoms with E-state index >= 15 is 0 Å². The van der Waals surface area contributed by atoms with Crippen LogP contribution in [0.3, 0.4) is 0 Å². The third-order valence-corrected chi connectivity index (χ3v) is 5.45. The molecular weight excluding hydrogens is 429 g/mol. The number of likely N-dealkylation sites (tertiary alicyclic amines) is 1. The first-order valence-electron chi connectivity index (χ1n) is 9.29. The summed E-state index contributed by atoms with van der Waals surface area (Å²) >= 11 is 12.4. The number of carbonyl (C=O) groups is 2. The van der Waals surface area contributed by atoms with Crippen molar-refractivity contribution in [2.75, 3.05) is 20.8 Å². The van der Waals surface area contributed by atoms with Crippen molar-refractivity contribution in [2.24, 2.45) is 0 Å². The predicted molar refractivity (Wildman–Crippen MR) is 115 cm³/mol. The zero-order valence-electron chi connectivity index (χ0n) is 16.7. The fourth-order valence-corrected chi connectivity index (χ4v) is 4.20. The zero-order valence-corrected chi connectivity index (χ0v) is 18.3. The average molecular weight is 450 g/mol. The highest BCUT2D eigenvalue weighted by atomic mass is 35.5. The first-order chi connectivity index (χ1) is 14.3. The van der Waals surface area contributed by atoms with E-state index in [-0.39, 0.29) is 32.7 Å². The molecule has 8 heteroatoms. The molecule has 1 N–H and O–H groups in total. The van der Waals surface area contributed by atoms with Gasteiger partial charge in [-0.2, -0.15) is 0 Å². The van der Waals surface area contributed by atoms with Crippen LogP contribution in [0.25, 0.3) is 5.76 Å². The third-order valence-electron chi connectivity index (χ3n) is 4.89. The van der Waals surface area contributed by atoms with Crippen LogP contribution in [0, 0.1) is 0 Å². The third kappa shape index (κ3) is 3.85. The summed E-state index contributed by atoms with van der Waals surface area (Å²) in [6.45, 7) is 2.26. The van der Waals surface area contributed by atoms with Crippen LogP contribution >= 0.6 is 23.2 Å². The topological polar surface area (TPSA) is 76.1 Å². The fourth-order valence-electron chi connectivity index (χ4n) is 3.56. The Morgan fingerprint density at radius 2 is 1.77 bits per heavy atom. The van der Waals surface area contributed by atoms with Crippen molar-refractivity contribution in [2.45, 2.75) is 19.4 Å². The molecule has 1 fully saturated rings. The number of benzene rings is 2. The number of ether oxygens (including phenoxy) is 2. The second-order valence-corrected chi connectivity index (χ2v) is 7.56. The number of Topliss-reactive ketones (excluding diaryl/α,β-unsaturated/α-hetero) is 1. The molecule has 1 saturated heterocycles. The summed E-state index contributed by atoms with van der Waals surface area (Å²) in [7, 11) is 2.95. The van der Waals surface area contributed by atoms with E-state index in [0.717, 1.165) is 0 Å². The van der Waals surface area contributed by atoms with Gasteiger partial charge in [-0.15, -0.1) is 0 Å². The van der Waals surface area contributed by atoms with Crippen LogP contribution in [0.1, 0.15) is 30.5 Å². The highest BCUT2D eigenvalue weighted by Gasteiger charge is 2.45. The normalized spacial score (nSPS) is 18.0. The highest BCUT2D eigenvalue weighted by molar-refractivity contribution is 6.46. The molecule has 0 aromatic heterocycles. The minimum atomic E-state index is -0.767. The van der Waals surface area contributed by atoms with Crippen molar-refractivity contribution in [3.8, 4) is 11.5 Å². The molecule has 2 aromatic rings. The van der Waals surface area contributed by atoms with Crippen molar-refractivity contribution >= 4 is 40.7 Å². The fraction of sp³-hybridized carbons (Fsp3) is 0.273. The van der Waals surface area contributed by atoms with E-state index in [0.29, 0.717) is 24.3 Å². The number of rotatable bonds is 6. The van der Waals surface area contributed by atoms with Crippen LogP contribution in [0.4, 0.5) is 0 Å². The Kier molecular flexibility index (Phi) is 6.58. The molecule has 6 nitrogen and oxygen atoms in total. The van der Waals surface area contributed by atoms with Gasteiger partial charge in [-0.05, 0) is 36.2 Å². The number of methoxy groups -OCH3 is 2. The Labute approximate surface area is 184 Å². The largest absolute Gasteiger partial charge is 0.507 e. The smallest absolute Gasteiger partial charge is 0.295 e. The summed E-state index contributed by atoms with van der Waals surface area (Å²) in [4.78, 5) is 27.1. The molecule has 30 heavy (non-hydrogen) atoms. The molecule has 0 radical (unpaired) electrons. The van der Waals surface area contributed by atoms with Gasteiger partial charge >= 0.3 is 0 Å². The number of aliphatic hydroxyl groups excluding tert-OH is 1. The molecule has 158 valence electrons. The Morgan fingerprint density at radius 3 is 2.33 bits per heavy atom. The van der Waals surface area contributed by atoms with E-state index in [1.54, 1.807) is 24.3 Å². The van der Waals surface area contributed by atoms with Gasteiger partial charge in [0.05, 0.1) is 35.9 Å². The van der Waals surface area contributed by atoms with Crippen LogP contribution in [0.2, 0.25) is 10.0 Å². The van der Waals surface area contributed by atoms with E-state index < -0.39 is 17.7 Å². The van der Waals surface area contributed by atoms with Gasteiger partial charge in [0.15, 0.2) is 5.75 Å². The van der Waals surface area contributed by atoms with E-state index in [1.165, 1.54) is 31.3 Å². The summed E-state index contributed by atoms with van der Waals surface area (Å²) in [5.41, 5.74) is 0.835. The Hall–Kier alpha value is -2.70. The van der Waals surface area contributed by atoms with Crippen molar-refractivity contribution in [3.63, 3.8) is 0 Å². The van der Waals surface area contributed by atoms with Crippen LogP contribution in [0.5, 0.6) is 11.5 Å². The molecule has 0 saturated carbocycles. The van der Waals surface area contributed by atoms with Crippen molar-refractivity contribution < 1.29 is 24.2 Å². The van der Waals surface area contributed by atoms with Crippen molar-refractivity contribution in [3.05, 3.63) is 63.1 Å². The monoisotopic (exact) mass is 449 g/mol. The Morgan fingerprint density at radius 1 is 1.10 bits per heavy atom. The SMILES string of the molecule is CCCN1C(=O)C(=O)/C(=C(/O)c2cc(Cl)c(OC)c(Cl)c2)C1c1cccc(OC)c1.